The molecule has 82 valence electrons. The van der Waals surface area contributed by atoms with E-state index in [4.69, 9.17) is 0 Å². The lowest BCUT2D eigenvalue weighted by Crippen LogP contribution is -2.39. The van der Waals surface area contributed by atoms with Crippen molar-refractivity contribution in [2.75, 3.05) is 6.54 Å². The summed E-state index contributed by atoms with van der Waals surface area (Å²) < 4.78 is 1.86. The minimum absolute atomic E-state index is 0.222. The summed E-state index contributed by atoms with van der Waals surface area (Å²) in [4.78, 5) is 17.8. The molecule has 0 spiro atoms. The third kappa shape index (κ3) is 2.16. The van der Waals surface area contributed by atoms with Gasteiger partial charge in [-0.1, -0.05) is 13.8 Å². The minimum Gasteiger partial charge on any atom is -0.333 e. The largest absolute Gasteiger partial charge is 0.333 e. The highest BCUT2D eigenvalue weighted by Gasteiger charge is 2.21. The van der Waals surface area contributed by atoms with Crippen LogP contribution in [0.3, 0.4) is 0 Å². The van der Waals surface area contributed by atoms with Crippen LogP contribution in [0.5, 0.6) is 0 Å². The van der Waals surface area contributed by atoms with Gasteiger partial charge in [-0.05, 0) is 5.92 Å². The van der Waals surface area contributed by atoms with Crippen molar-refractivity contribution in [2.24, 2.45) is 5.92 Å². The summed E-state index contributed by atoms with van der Waals surface area (Å²) in [5.41, 5.74) is 0. The Morgan fingerprint density at radius 3 is 3.07 bits per heavy atom. The van der Waals surface area contributed by atoms with E-state index in [9.17, 15) is 4.79 Å². The van der Waals surface area contributed by atoms with Crippen molar-refractivity contribution in [3.05, 3.63) is 12.2 Å². The van der Waals surface area contributed by atoms with Crippen molar-refractivity contribution in [3.8, 4) is 0 Å². The van der Waals surface area contributed by atoms with Crippen LogP contribution in [0.25, 0.3) is 0 Å². The van der Waals surface area contributed by atoms with Crippen molar-refractivity contribution in [2.45, 2.75) is 33.4 Å². The van der Waals surface area contributed by atoms with Crippen molar-refractivity contribution >= 4 is 5.91 Å². The molecule has 5 nitrogen and oxygen atoms in total. The first-order valence-corrected chi connectivity index (χ1v) is 5.31. The molecule has 0 bridgehead atoms. The molecule has 0 fully saturated rings. The van der Waals surface area contributed by atoms with Gasteiger partial charge in [-0.15, -0.1) is 0 Å². The third-order valence-electron chi connectivity index (χ3n) is 2.55. The molecule has 0 aromatic carbocycles. The molecule has 0 saturated heterocycles. The zero-order valence-corrected chi connectivity index (χ0v) is 9.18. The van der Waals surface area contributed by atoms with E-state index in [2.05, 4.69) is 23.9 Å². The zero-order chi connectivity index (χ0) is 10.8. The summed E-state index contributed by atoms with van der Waals surface area (Å²) in [6.45, 7) is 6.24. The van der Waals surface area contributed by atoms with Crippen molar-refractivity contribution in [1.82, 2.24) is 19.7 Å². The van der Waals surface area contributed by atoms with E-state index < -0.39 is 0 Å². The van der Waals surface area contributed by atoms with Crippen LogP contribution in [-0.4, -0.2) is 32.1 Å². The fourth-order valence-corrected chi connectivity index (χ4v) is 1.75. The van der Waals surface area contributed by atoms with E-state index in [1.165, 1.54) is 0 Å². The topological polar surface area (TPSA) is 51.0 Å². The van der Waals surface area contributed by atoms with Crippen LogP contribution in [0.2, 0.25) is 0 Å². The van der Waals surface area contributed by atoms with Crippen molar-refractivity contribution < 1.29 is 4.79 Å². The average molecular weight is 208 g/mol. The van der Waals surface area contributed by atoms with Gasteiger partial charge in [-0.2, -0.15) is 5.10 Å². The predicted molar refractivity (Wildman–Crippen MR) is 54.9 cm³/mol. The smallest absolute Gasteiger partial charge is 0.223 e. The van der Waals surface area contributed by atoms with Crippen LogP contribution in [0.1, 0.15) is 26.1 Å². The van der Waals surface area contributed by atoms with Gasteiger partial charge in [0.15, 0.2) is 0 Å². The van der Waals surface area contributed by atoms with Gasteiger partial charge in [0, 0.05) is 13.0 Å². The number of nitrogens with zero attached hydrogens (tertiary/aromatic N) is 4. The molecule has 5 heteroatoms. The quantitative estimate of drug-likeness (QED) is 0.717. The molecule has 1 aliphatic rings. The monoisotopic (exact) mass is 208 g/mol. The summed E-state index contributed by atoms with van der Waals surface area (Å²) in [5.74, 6) is 1.52. The maximum absolute atomic E-state index is 11.8. The molecule has 1 amide bonds. The lowest BCUT2D eigenvalue weighted by Gasteiger charge is -2.27. The second kappa shape index (κ2) is 4.00. The highest BCUT2D eigenvalue weighted by atomic mass is 16.2. The second-order valence-corrected chi connectivity index (χ2v) is 4.31. The van der Waals surface area contributed by atoms with Crippen LogP contribution in [0.15, 0.2) is 6.33 Å². The Bertz CT molecular complexity index is 358. The molecule has 1 aliphatic heterocycles. The number of carbonyl (C=O) groups is 1. The maximum Gasteiger partial charge on any atom is 0.223 e. The van der Waals surface area contributed by atoms with Crippen LogP contribution in [0.4, 0.5) is 0 Å². The number of amides is 1. The first kappa shape index (κ1) is 10.1. The number of hydrogen-bond donors (Lipinski definition) is 0. The Labute approximate surface area is 89.1 Å². The molecule has 15 heavy (non-hydrogen) atoms. The molecular formula is C10H16N4O. The average Bonchev–Trinajstić information content (AvgIpc) is 2.62. The fourth-order valence-electron chi connectivity index (χ4n) is 1.75. The fraction of sp³-hybridized carbons (Fsp3) is 0.700. The molecule has 0 unspecified atom stereocenters. The van der Waals surface area contributed by atoms with E-state index in [0.29, 0.717) is 18.9 Å². The summed E-state index contributed by atoms with van der Waals surface area (Å²) in [6.07, 6.45) is 2.17. The van der Waals surface area contributed by atoms with Gasteiger partial charge in [-0.3, -0.25) is 4.79 Å². The van der Waals surface area contributed by atoms with Crippen LogP contribution in [0, 0.1) is 5.92 Å². The lowest BCUT2D eigenvalue weighted by molar-refractivity contribution is -0.133. The van der Waals surface area contributed by atoms with Crippen LogP contribution in [-0.2, 0) is 17.9 Å². The van der Waals surface area contributed by atoms with E-state index in [1.807, 2.05) is 9.58 Å². The minimum atomic E-state index is 0.222. The second-order valence-electron chi connectivity index (χ2n) is 4.31. The Hall–Kier alpha value is -1.39. The van der Waals surface area contributed by atoms with Crippen LogP contribution >= 0.6 is 0 Å². The van der Waals surface area contributed by atoms with Crippen LogP contribution < -0.4 is 0 Å². The molecule has 0 saturated carbocycles. The van der Waals surface area contributed by atoms with Gasteiger partial charge in [-0.25, -0.2) is 9.67 Å². The Kier molecular flexibility index (Phi) is 2.70. The predicted octanol–water partition coefficient (Wildman–Crippen LogP) is 0.666. The highest BCUT2D eigenvalue weighted by molar-refractivity contribution is 5.76. The Morgan fingerprint density at radius 2 is 2.33 bits per heavy atom. The van der Waals surface area contributed by atoms with Crippen molar-refractivity contribution in [1.29, 1.82) is 0 Å². The normalized spacial score (nSPS) is 15.5. The van der Waals surface area contributed by atoms with Gasteiger partial charge in [0.25, 0.3) is 0 Å². The SMILES string of the molecule is CC(C)CC(=O)N1CCn2ncnc2C1. The lowest BCUT2D eigenvalue weighted by atomic mass is 10.1. The standard InChI is InChI=1S/C10H16N4O/c1-8(2)5-10(15)13-3-4-14-9(6-13)11-7-12-14/h7-8H,3-6H2,1-2H3. The van der Waals surface area contributed by atoms with Gasteiger partial charge in [0.05, 0.1) is 13.1 Å². The number of rotatable bonds is 2. The molecule has 0 N–H and O–H groups in total. The molecule has 2 rings (SSSR count). The maximum atomic E-state index is 11.8. The molecule has 0 atom stereocenters. The number of fused-ring (bicyclic) bond motifs is 1. The van der Waals surface area contributed by atoms with E-state index in [1.54, 1.807) is 6.33 Å². The van der Waals surface area contributed by atoms with Gasteiger partial charge in [0.1, 0.15) is 12.2 Å². The van der Waals surface area contributed by atoms with Gasteiger partial charge < -0.3 is 4.90 Å². The van der Waals surface area contributed by atoms with Gasteiger partial charge in [0.2, 0.25) is 5.91 Å². The number of hydrogen-bond acceptors (Lipinski definition) is 3. The third-order valence-corrected chi connectivity index (χ3v) is 2.55. The Balaban J connectivity index is 2.00. The zero-order valence-electron chi connectivity index (χ0n) is 9.18. The highest BCUT2D eigenvalue weighted by Crippen LogP contribution is 2.11. The molecular weight excluding hydrogens is 192 g/mol. The van der Waals surface area contributed by atoms with E-state index in [-0.39, 0.29) is 5.91 Å². The summed E-state index contributed by atoms with van der Waals surface area (Å²) >= 11 is 0. The Morgan fingerprint density at radius 1 is 1.53 bits per heavy atom. The van der Waals surface area contributed by atoms with Crippen molar-refractivity contribution in [3.63, 3.8) is 0 Å². The first-order chi connectivity index (χ1) is 7.16. The molecule has 2 heterocycles. The van der Waals surface area contributed by atoms with Gasteiger partial charge >= 0.3 is 0 Å². The molecule has 1 aromatic rings. The summed E-state index contributed by atoms with van der Waals surface area (Å²) in [6, 6.07) is 0. The van der Waals surface area contributed by atoms with E-state index >= 15 is 0 Å². The number of aromatic nitrogens is 3. The first-order valence-electron chi connectivity index (χ1n) is 5.31. The summed E-state index contributed by atoms with van der Waals surface area (Å²) in [5, 5.41) is 4.08. The molecule has 0 aliphatic carbocycles. The van der Waals surface area contributed by atoms with E-state index in [0.717, 1.165) is 18.9 Å². The number of carbonyl (C=O) groups excluding carboxylic acids is 1. The summed E-state index contributed by atoms with van der Waals surface area (Å²) in [7, 11) is 0. The molecule has 0 radical (unpaired) electrons. The molecule has 1 aromatic heterocycles.